The molecule has 0 saturated heterocycles. The average Bonchev–Trinajstić information content (AvgIpc) is 2.11. The van der Waals surface area contributed by atoms with Gasteiger partial charge in [-0.2, -0.15) is 0 Å². The van der Waals surface area contributed by atoms with Gasteiger partial charge in [-0.25, -0.2) is 4.79 Å². The first-order chi connectivity index (χ1) is 7.59. The van der Waals surface area contributed by atoms with E-state index in [2.05, 4.69) is 0 Å². The Hall–Kier alpha value is 0.911. The van der Waals surface area contributed by atoms with Gasteiger partial charge in [0.1, 0.15) is 0 Å². The molecular formula is C10H10BF3IKO2. The van der Waals surface area contributed by atoms with E-state index in [1.807, 2.05) is 0 Å². The second kappa shape index (κ2) is 6.58. The van der Waals surface area contributed by atoms with Gasteiger partial charge in [0.25, 0.3) is 0 Å². The van der Waals surface area contributed by atoms with E-state index < -0.39 is 18.4 Å². The van der Waals surface area contributed by atoms with Crippen LogP contribution in [-0.4, -0.2) is 18.1 Å². The molecule has 0 amide bonds. The molecule has 0 aliphatic heterocycles. The maximum atomic E-state index is 12.9. The molecule has 0 aromatic heterocycles. The number of carbonyl (C=O) groups is 1. The van der Waals surface area contributed by atoms with Gasteiger partial charge in [0.2, 0.25) is 0 Å². The fourth-order valence-corrected chi connectivity index (χ4v) is 2.58. The molecular weight excluding hydrogens is 386 g/mol. The number of rotatable bonds is 2. The van der Waals surface area contributed by atoms with Gasteiger partial charge in [-0.05, 0) is 48.9 Å². The normalized spacial score (nSPS) is 11.1. The third-order valence-corrected chi connectivity index (χ3v) is 4.38. The number of benzene rings is 1. The Morgan fingerprint density at radius 2 is 1.56 bits per heavy atom. The minimum absolute atomic E-state index is 0. The molecule has 0 fully saturated rings. The van der Waals surface area contributed by atoms with E-state index >= 15 is 0 Å². The van der Waals surface area contributed by atoms with Crippen LogP contribution < -0.4 is 56.8 Å². The molecule has 8 heteroatoms. The first-order valence-electron chi connectivity index (χ1n) is 4.81. The summed E-state index contributed by atoms with van der Waals surface area (Å²) >= 11 is 1.76. The van der Waals surface area contributed by atoms with E-state index in [9.17, 15) is 17.7 Å². The minimum atomic E-state index is -5.20. The molecule has 0 atom stereocenters. The summed E-state index contributed by atoms with van der Waals surface area (Å²) < 4.78 is 39.2. The third-order valence-electron chi connectivity index (χ3n) is 2.76. The summed E-state index contributed by atoms with van der Waals surface area (Å²) in [7, 11) is 0. The van der Waals surface area contributed by atoms with E-state index in [-0.39, 0.29) is 68.1 Å². The largest absolute Gasteiger partial charge is 1.00 e. The molecule has 1 aromatic rings. The molecule has 0 unspecified atom stereocenters. The van der Waals surface area contributed by atoms with Crippen LogP contribution in [0.1, 0.15) is 27.0 Å². The summed E-state index contributed by atoms with van der Waals surface area (Å²) in [6.45, 7) is -1.09. The van der Waals surface area contributed by atoms with E-state index in [0.29, 0.717) is 9.13 Å². The molecule has 0 radical (unpaired) electrons. The van der Waals surface area contributed by atoms with Crippen molar-refractivity contribution in [3.8, 4) is 0 Å². The van der Waals surface area contributed by atoms with Crippen molar-refractivity contribution in [2.45, 2.75) is 20.8 Å². The Balaban J connectivity index is 0.00000289. The monoisotopic (exact) mass is 396 g/mol. The summed E-state index contributed by atoms with van der Waals surface area (Å²) in [5.41, 5.74) is -0.720. The van der Waals surface area contributed by atoms with Gasteiger partial charge in [-0.3, -0.25) is 0 Å². The van der Waals surface area contributed by atoms with Gasteiger partial charge in [0.05, 0.1) is 5.56 Å². The molecule has 18 heavy (non-hydrogen) atoms. The van der Waals surface area contributed by atoms with Crippen molar-refractivity contribution in [1.82, 2.24) is 0 Å². The first kappa shape index (κ1) is 18.9. The van der Waals surface area contributed by atoms with Gasteiger partial charge in [0.15, 0.2) is 0 Å². The third kappa shape index (κ3) is 3.51. The Bertz CT molecular complexity index is 503. The zero-order chi connectivity index (χ0) is 13.5. The molecule has 0 heterocycles. The number of aromatic carboxylic acids is 1. The van der Waals surface area contributed by atoms with Crippen molar-refractivity contribution >= 4 is 41.0 Å². The Morgan fingerprint density at radius 1 is 1.11 bits per heavy atom. The molecule has 0 spiro atoms. The van der Waals surface area contributed by atoms with Crippen LogP contribution in [0.2, 0.25) is 0 Å². The van der Waals surface area contributed by atoms with Gasteiger partial charge in [-0.1, -0.05) is 11.1 Å². The van der Waals surface area contributed by atoms with E-state index in [4.69, 9.17) is 5.11 Å². The molecule has 2 nitrogen and oxygen atoms in total. The predicted octanol–water partition coefficient (Wildman–Crippen LogP) is -0.0269. The van der Waals surface area contributed by atoms with Crippen molar-refractivity contribution in [2.24, 2.45) is 0 Å². The Labute approximate surface area is 159 Å². The van der Waals surface area contributed by atoms with E-state index in [1.54, 1.807) is 22.6 Å². The summed E-state index contributed by atoms with van der Waals surface area (Å²) in [6.07, 6.45) is 0. The van der Waals surface area contributed by atoms with Crippen molar-refractivity contribution in [3.63, 3.8) is 0 Å². The molecule has 0 aliphatic rings. The number of carboxylic acid groups (broad SMARTS) is 1. The smallest absolute Gasteiger partial charge is 0.478 e. The van der Waals surface area contributed by atoms with Crippen molar-refractivity contribution < 1.29 is 74.2 Å². The predicted molar refractivity (Wildman–Crippen MR) is 69.0 cm³/mol. The Kier molecular flexibility index (Phi) is 6.91. The molecule has 94 valence electrons. The van der Waals surface area contributed by atoms with Crippen LogP contribution in [0.3, 0.4) is 0 Å². The van der Waals surface area contributed by atoms with Crippen LogP contribution in [0.4, 0.5) is 12.9 Å². The summed E-state index contributed by atoms with van der Waals surface area (Å²) in [5, 5.41) is 8.99. The number of halogens is 4. The van der Waals surface area contributed by atoms with Crippen molar-refractivity contribution in [3.05, 3.63) is 25.8 Å². The van der Waals surface area contributed by atoms with E-state index in [1.165, 1.54) is 20.8 Å². The quantitative estimate of drug-likeness (QED) is 0.564. The molecule has 1 aromatic carbocycles. The van der Waals surface area contributed by atoms with Crippen LogP contribution in [0.5, 0.6) is 0 Å². The summed E-state index contributed by atoms with van der Waals surface area (Å²) in [4.78, 5) is 11.0. The molecule has 0 aliphatic carbocycles. The van der Waals surface area contributed by atoms with Crippen LogP contribution in [0.25, 0.3) is 0 Å². The second-order valence-corrected chi connectivity index (χ2v) is 4.94. The molecule has 1 N–H and O–H groups in total. The summed E-state index contributed by atoms with van der Waals surface area (Å²) in [6, 6.07) is 0. The van der Waals surface area contributed by atoms with Gasteiger partial charge < -0.3 is 18.1 Å². The Morgan fingerprint density at radius 3 is 1.89 bits per heavy atom. The number of hydrogen-bond donors (Lipinski definition) is 1. The van der Waals surface area contributed by atoms with Crippen LogP contribution in [0.15, 0.2) is 0 Å². The maximum Gasteiger partial charge on any atom is 1.00 e. The molecule has 0 bridgehead atoms. The second-order valence-electron chi connectivity index (χ2n) is 3.86. The van der Waals surface area contributed by atoms with Crippen molar-refractivity contribution in [2.75, 3.05) is 0 Å². The molecule has 1 rings (SSSR count). The maximum absolute atomic E-state index is 12.9. The topological polar surface area (TPSA) is 37.3 Å². The number of hydrogen-bond acceptors (Lipinski definition) is 1. The summed E-state index contributed by atoms with van der Waals surface area (Å²) in [5.74, 6) is -1.32. The van der Waals surface area contributed by atoms with Crippen LogP contribution in [-0.2, 0) is 0 Å². The zero-order valence-electron chi connectivity index (χ0n) is 10.4. The fourth-order valence-electron chi connectivity index (χ4n) is 2.02. The standard InChI is InChI=1S/C10H10BF3IO2.K/c1-4-7(10(16)17)5(2)9(15)6(3)8(4)11(12,13)14;/h1-3H3,(H,16,17);/q-1;+1. The first-order valence-corrected chi connectivity index (χ1v) is 5.89. The zero-order valence-corrected chi connectivity index (χ0v) is 15.7. The van der Waals surface area contributed by atoms with Crippen LogP contribution in [0, 0.1) is 24.3 Å². The van der Waals surface area contributed by atoms with Gasteiger partial charge >= 0.3 is 64.3 Å². The molecule has 0 saturated carbocycles. The number of carboxylic acids is 1. The fraction of sp³-hybridized carbons (Fsp3) is 0.300. The average molecular weight is 396 g/mol. The van der Waals surface area contributed by atoms with E-state index in [0.717, 1.165) is 0 Å². The van der Waals surface area contributed by atoms with Gasteiger partial charge in [0, 0.05) is 3.57 Å². The minimum Gasteiger partial charge on any atom is -0.478 e. The SMILES string of the molecule is Cc1c(I)c(C)c([B-](F)(F)F)c(C)c1C(=O)O.[K+]. The van der Waals surface area contributed by atoms with Gasteiger partial charge in [-0.15, -0.1) is 5.46 Å². The van der Waals surface area contributed by atoms with Crippen molar-refractivity contribution in [1.29, 1.82) is 0 Å². The van der Waals surface area contributed by atoms with Crippen LogP contribution >= 0.6 is 22.6 Å².